The molecule has 0 radical (unpaired) electrons. The molecule has 1 aromatic carbocycles. The van der Waals surface area contributed by atoms with E-state index in [1.807, 2.05) is 30.5 Å². The summed E-state index contributed by atoms with van der Waals surface area (Å²) in [5, 5.41) is 5.35. The van der Waals surface area contributed by atoms with Crippen LogP contribution >= 0.6 is 0 Å². The summed E-state index contributed by atoms with van der Waals surface area (Å²) in [6, 6.07) is 8.00. The van der Waals surface area contributed by atoms with Crippen molar-refractivity contribution in [1.29, 1.82) is 0 Å². The molecule has 2 aliphatic rings. The lowest BCUT2D eigenvalue weighted by molar-refractivity contribution is -0.113. The number of hydrogen-bond acceptors (Lipinski definition) is 2. The maximum Gasteiger partial charge on any atom is 0.165 e. The number of rotatable bonds is 0. The molecule has 0 saturated heterocycles. The highest BCUT2D eigenvalue weighted by molar-refractivity contribution is 6.21. The smallest absolute Gasteiger partial charge is 0.165 e. The minimum Gasteiger partial charge on any atom is -0.361 e. The molecular weight excluding hydrogens is 186 g/mol. The van der Waals surface area contributed by atoms with Gasteiger partial charge in [0, 0.05) is 23.9 Å². The maximum atomic E-state index is 11.9. The largest absolute Gasteiger partial charge is 0.361 e. The van der Waals surface area contributed by atoms with E-state index in [2.05, 4.69) is 11.4 Å². The number of fused-ring (bicyclic) bond motifs is 2. The number of ketones is 1. The first-order valence-electron chi connectivity index (χ1n) is 5.16. The van der Waals surface area contributed by atoms with Gasteiger partial charge in [0.25, 0.3) is 0 Å². The molecule has 0 bridgehead atoms. The molecule has 0 fully saturated rings. The number of Topliss-reactive ketones (excluding diaryl/α,β-unsaturated/α-hetero) is 1. The maximum absolute atomic E-state index is 11.9. The Bertz CT molecular complexity index is 581. The first-order valence-corrected chi connectivity index (χ1v) is 5.16. The van der Waals surface area contributed by atoms with Crippen LogP contribution in [0.1, 0.15) is 12.8 Å². The van der Waals surface area contributed by atoms with Crippen molar-refractivity contribution < 1.29 is 4.79 Å². The van der Waals surface area contributed by atoms with Crippen molar-refractivity contribution in [3.05, 3.63) is 46.5 Å². The Balaban J connectivity index is 2.45. The van der Waals surface area contributed by atoms with Crippen LogP contribution in [0.15, 0.2) is 36.0 Å². The van der Waals surface area contributed by atoms with Crippen molar-refractivity contribution in [3.63, 3.8) is 0 Å². The number of carbonyl (C=O) groups is 1. The second kappa shape index (κ2) is 3.09. The minimum absolute atomic E-state index is 0.251. The van der Waals surface area contributed by atoms with E-state index < -0.39 is 0 Å². The van der Waals surface area contributed by atoms with Crippen molar-refractivity contribution in [3.8, 4) is 0 Å². The van der Waals surface area contributed by atoms with Crippen LogP contribution in [0, 0.1) is 0 Å². The van der Waals surface area contributed by atoms with Crippen molar-refractivity contribution in [1.82, 2.24) is 5.32 Å². The van der Waals surface area contributed by atoms with Crippen LogP contribution in [0.3, 0.4) is 0 Å². The lowest BCUT2D eigenvalue weighted by Gasteiger charge is -2.19. The van der Waals surface area contributed by atoms with Crippen molar-refractivity contribution in [2.75, 3.05) is 0 Å². The third kappa shape index (κ3) is 1.22. The van der Waals surface area contributed by atoms with Crippen molar-refractivity contribution in [2.24, 2.45) is 0 Å². The normalized spacial score (nSPS) is 18.3. The van der Waals surface area contributed by atoms with E-state index in [9.17, 15) is 4.79 Å². The summed E-state index contributed by atoms with van der Waals surface area (Å²) >= 11 is 0. The number of allylic oxidation sites excluding steroid dienone is 2. The van der Waals surface area contributed by atoms with E-state index in [1.165, 1.54) is 0 Å². The molecule has 1 aliphatic carbocycles. The van der Waals surface area contributed by atoms with Gasteiger partial charge in [-0.05, 0) is 16.9 Å². The van der Waals surface area contributed by atoms with Crippen LogP contribution in [-0.2, 0) is 4.79 Å². The zero-order chi connectivity index (χ0) is 10.3. The Morgan fingerprint density at radius 1 is 1.20 bits per heavy atom. The van der Waals surface area contributed by atoms with Gasteiger partial charge in [-0.1, -0.05) is 30.3 Å². The Kier molecular flexibility index (Phi) is 1.75. The Hall–Kier alpha value is -1.83. The van der Waals surface area contributed by atoms with Crippen LogP contribution in [0.5, 0.6) is 0 Å². The summed E-state index contributed by atoms with van der Waals surface area (Å²) in [5.74, 6) is 0.251. The standard InChI is InChI=1S/C13H11NO/c15-12-7-3-6-11-13(12)10-5-2-1-4-9(10)8-14-11/h1-2,4-6,8,14H,3,7H2. The number of benzene rings is 1. The van der Waals surface area contributed by atoms with Crippen LogP contribution in [-0.4, -0.2) is 5.78 Å². The predicted molar refractivity (Wildman–Crippen MR) is 59.0 cm³/mol. The van der Waals surface area contributed by atoms with Gasteiger partial charge in [0.1, 0.15) is 0 Å². The highest BCUT2D eigenvalue weighted by Crippen LogP contribution is 2.19. The molecule has 2 heteroatoms. The average molecular weight is 197 g/mol. The molecule has 1 aromatic rings. The summed E-state index contributed by atoms with van der Waals surface area (Å²) in [6.07, 6.45) is 5.54. The molecule has 0 atom stereocenters. The molecule has 0 saturated carbocycles. The van der Waals surface area contributed by atoms with Crippen LogP contribution in [0.25, 0.3) is 11.8 Å². The second-order valence-electron chi connectivity index (χ2n) is 3.83. The molecule has 0 amide bonds. The lowest BCUT2D eigenvalue weighted by atomic mass is 9.93. The fourth-order valence-corrected chi connectivity index (χ4v) is 2.16. The summed E-state index contributed by atoms with van der Waals surface area (Å²) in [7, 11) is 0. The van der Waals surface area contributed by atoms with Gasteiger partial charge in [-0.15, -0.1) is 0 Å². The molecule has 0 aromatic heterocycles. The Morgan fingerprint density at radius 3 is 3.00 bits per heavy atom. The van der Waals surface area contributed by atoms with E-state index in [0.717, 1.165) is 28.1 Å². The van der Waals surface area contributed by atoms with Crippen LogP contribution < -0.4 is 15.8 Å². The first-order chi connectivity index (χ1) is 7.36. The van der Waals surface area contributed by atoms with Gasteiger partial charge >= 0.3 is 0 Å². The summed E-state index contributed by atoms with van der Waals surface area (Å²) < 4.78 is 0. The van der Waals surface area contributed by atoms with Crippen molar-refractivity contribution >= 4 is 17.6 Å². The van der Waals surface area contributed by atoms with Gasteiger partial charge in [-0.3, -0.25) is 4.79 Å². The predicted octanol–water partition coefficient (Wildman–Crippen LogP) is 0.425. The minimum atomic E-state index is 0.251. The molecular formula is C13H11NO. The fraction of sp³-hybridized carbons (Fsp3) is 0.154. The van der Waals surface area contributed by atoms with Gasteiger partial charge < -0.3 is 5.32 Å². The monoisotopic (exact) mass is 197 g/mol. The van der Waals surface area contributed by atoms with E-state index in [-0.39, 0.29) is 5.78 Å². The fourth-order valence-electron chi connectivity index (χ4n) is 2.16. The summed E-state index contributed by atoms with van der Waals surface area (Å²) in [5.41, 5.74) is 1.84. The van der Waals surface area contributed by atoms with Gasteiger partial charge in [-0.25, -0.2) is 0 Å². The van der Waals surface area contributed by atoms with E-state index in [4.69, 9.17) is 0 Å². The topological polar surface area (TPSA) is 29.1 Å². The second-order valence-corrected chi connectivity index (χ2v) is 3.83. The third-order valence-electron chi connectivity index (χ3n) is 2.88. The Labute approximate surface area is 87.6 Å². The average Bonchev–Trinajstić information content (AvgIpc) is 2.29. The molecule has 3 rings (SSSR count). The number of nitrogens with one attached hydrogen (secondary N) is 1. The van der Waals surface area contributed by atoms with E-state index in [0.29, 0.717) is 6.42 Å². The zero-order valence-electron chi connectivity index (χ0n) is 8.29. The van der Waals surface area contributed by atoms with Gasteiger partial charge in [0.15, 0.2) is 5.78 Å². The molecule has 0 unspecified atom stereocenters. The third-order valence-corrected chi connectivity index (χ3v) is 2.88. The molecule has 1 heterocycles. The van der Waals surface area contributed by atoms with Crippen LogP contribution in [0.2, 0.25) is 0 Å². The SMILES string of the molecule is O=C1CCC=C2NC=c3ccccc3=C12. The van der Waals surface area contributed by atoms with Crippen molar-refractivity contribution in [2.45, 2.75) is 12.8 Å². The van der Waals surface area contributed by atoms with E-state index >= 15 is 0 Å². The van der Waals surface area contributed by atoms with Crippen LogP contribution in [0.4, 0.5) is 0 Å². The molecule has 15 heavy (non-hydrogen) atoms. The summed E-state index contributed by atoms with van der Waals surface area (Å²) in [4.78, 5) is 11.9. The molecule has 74 valence electrons. The zero-order valence-corrected chi connectivity index (χ0v) is 8.29. The Morgan fingerprint density at radius 2 is 2.07 bits per heavy atom. The highest BCUT2D eigenvalue weighted by atomic mass is 16.1. The molecule has 0 spiro atoms. The quantitative estimate of drug-likeness (QED) is 0.653. The summed E-state index contributed by atoms with van der Waals surface area (Å²) in [6.45, 7) is 0. The molecule has 2 nitrogen and oxygen atoms in total. The first kappa shape index (κ1) is 8.48. The number of carbonyl (C=O) groups excluding carboxylic acids is 1. The van der Waals surface area contributed by atoms with E-state index in [1.54, 1.807) is 0 Å². The van der Waals surface area contributed by atoms with Gasteiger partial charge in [0.05, 0.1) is 0 Å². The van der Waals surface area contributed by atoms with Gasteiger partial charge in [0.2, 0.25) is 0 Å². The molecule has 1 N–H and O–H groups in total. The van der Waals surface area contributed by atoms with Gasteiger partial charge in [-0.2, -0.15) is 0 Å². The number of hydrogen-bond donors (Lipinski definition) is 1. The lowest BCUT2D eigenvalue weighted by Crippen LogP contribution is -2.38. The highest BCUT2D eigenvalue weighted by Gasteiger charge is 2.20. The molecule has 1 aliphatic heterocycles.